The lowest BCUT2D eigenvalue weighted by atomic mass is 9.85. The van der Waals surface area contributed by atoms with Crippen LogP contribution in [0.25, 0.3) is 0 Å². The predicted molar refractivity (Wildman–Crippen MR) is 85.5 cm³/mol. The minimum atomic E-state index is -0.0240. The smallest absolute Gasteiger partial charge is 0.277 e. The average molecular weight is 301 g/mol. The number of thiazole rings is 1. The molecular formula is C16H19N3OS. The highest BCUT2D eigenvalue weighted by atomic mass is 32.1. The van der Waals surface area contributed by atoms with Crippen molar-refractivity contribution in [1.29, 1.82) is 0 Å². The molecule has 1 aliphatic carbocycles. The highest BCUT2D eigenvalue weighted by Crippen LogP contribution is 2.29. The zero-order chi connectivity index (χ0) is 14.7. The molecule has 0 radical (unpaired) electrons. The monoisotopic (exact) mass is 301 g/mol. The molecule has 1 fully saturated rings. The number of nitrogens with zero attached hydrogens (tertiary/aromatic N) is 2. The van der Waals surface area contributed by atoms with Gasteiger partial charge in [0.15, 0.2) is 0 Å². The number of hydrogen-bond acceptors (Lipinski definition) is 4. The van der Waals surface area contributed by atoms with Gasteiger partial charge >= 0.3 is 0 Å². The number of nitrogens with two attached hydrogens (primary N) is 1. The van der Waals surface area contributed by atoms with E-state index < -0.39 is 0 Å². The molecule has 0 unspecified atom stereocenters. The standard InChI is InChI=1S/C16H19N3OS/c17-9-15-18-14(11-21-15)16(20)19(10-12-5-4-6-12)13-7-2-1-3-8-13/h1-3,7-8,11-12H,4-6,9-10,17H2. The Labute approximate surface area is 128 Å². The fraction of sp³-hybridized carbons (Fsp3) is 0.375. The number of anilines is 1. The molecule has 110 valence electrons. The van der Waals surface area contributed by atoms with Crippen molar-refractivity contribution < 1.29 is 4.79 Å². The first-order chi connectivity index (χ1) is 10.3. The van der Waals surface area contributed by atoms with Crippen LogP contribution in [0.3, 0.4) is 0 Å². The number of carbonyl (C=O) groups is 1. The van der Waals surface area contributed by atoms with Gasteiger partial charge in [-0.2, -0.15) is 0 Å². The normalized spacial score (nSPS) is 14.7. The van der Waals surface area contributed by atoms with Crippen LogP contribution in [0.5, 0.6) is 0 Å². The van der Waals surface area contributed by atoms with Crippen molar-refractivity contribution in [2.75, 3.05) is 11.4 Å². The Morgan fingerprint density at radius 3 is 2.67 bits per heavy atom. The van der Waals surface area contributed by atoms with Crippen molar-refractivity contribution in [2.24, 2.45) is 11.7 Å². The Hall–Kier alpha value is -1.72. The van der Waals surface area contributed by atoms with Crippen molar-refractivity contribution in [1.82, 2.24) is 4.98 Å². The highest BCUT2D eigenvalue weighted by molar-refractivity contribution is 7.09. The molecule has 1 aliphatic rings. The Kier molecular flexibility index (Phi) is 4.31. The first-order valence-corrected chi connectivity index (χ1v) is 8.17. The SMILES string of the molecule is NCc1nc(C(=O)N(CC2CCC2)c2ccccc2)cs1. The van der Waals surface area contributed by atoms with E-state index in [0.717, 1.165) is 17.2 Å². The van der Waals surface area contributed by atoms with Crippen molar-refractivity contribution in [2.45, 2.75) is 25.8 Å². The van der Waals surface area contributed by atoms with Crippen LogP contribution in [-0.2, 0) is 6.54 Å². The number of rotatable bonds is 5. The molecule has 0 bridgehead atoms. The van der Waals surface area contributed by atoms with E-state index in [1.54, 1.807) is 5.38 Å². The first-order valence-electron chi connectivity index (χ1n) is 7.29. The van der Waals surface area contributed by atoms with E-state index in [1.807, 2.05) is 35.2 Å². The highest BCUT2D eigenvalue weighted by Gasteiger charge is 2.26. The van der Waals surface area contributed by atoms with Gasteiger partial charge in [-0.15, -0.1) is 11.3 Å². The first kappa shape index (κ1) is 14.2. The van der Waals surface area contributed by atoms with Crippen molar-refractivity contribution >= 4 is 22.9 Å². The molecule has 0 saturated heterocycles. The summed E-state index contributed by atoms with van der Waals surface area (Å²) in [6, 6.07) is 9.84. The molecule has 2 N–H and O–H groups in total. The van der Waals surface area contributed by atoms with E-state index in [1.165, 1.54) is 30.6 Å². The zero-order valence-corrected chi connectivity index (χ0v) is 12.7. The van der Waals surface area contributed by atoms with Gasteiger partial charge in [0.2, 0.25) is 0 Å². The third-order valence-electron chi connectivity index (χ3n) is 3.92. The van der Waals surface area contributed by atoms with Crippen LogP contribution in [0.1, 0.15) is 34.8 Å². The van der Waals surface area contributed by atoms with Crippen LogP contribution < -0.4 is 10.6 Å². The van der Waals surface area contributed by atoms with Gasteiger partial charge in [-0.1, -0.05) is 24.6 Å². The molecule has 1 aromatic carbocycles. The summed E-state index contributed by atoms with van der Waals surface area (Å²) >= 11 is 1.45. The lowest BCUT2D eigenvalue weighted by molar-refractivity contribution is 0.0973. The van der Waals surface area contributed by atoms with Gasteiger partial charge < -0.3 is 10.6 Å². The molecule has 0 aliphatic heterocycles. The van der Waals surface area contributed by atoms with Crippen LogP contribution in [0.2, 0.25) is 0 Å². The van der Waals surface area contributed by atoms with Gasteiger partial charge in [-0.3, -0.25) is 4.79 Å². The van der Waals surface area contributed by atoms with Crippen LogP contribution in [0, 0.1) is 5.92 Å². The van der Waals surface area contributed by atoms with Gasteiger partial charge in [0.1, 0.15) is 10.7 Å². The quantitative estimate of drug-likeness (QED) is 0.923. The second-order valence-electron chi connectivity index (χ2n) is 5.38. The maximum Gasteiger partial charge on any atom is 0.277 e. The Morgan fingerprint density at radius 1 is 1.33 bits per heavy atom. The van der Waals surface area contributed by atoms with Crippen LogP contribution in [0.4, 0.5) is 5.69 Å². The summed E-state index contributed by atoms with van der Waals surface area (Å²) in [6.45, 7) is 1.16. The van der Waals surface area contributed by atoms with Crippen LogP contribution in [0.15, 0.2) is 35.7 Å². The fourth-order valence-corrected chi connectivity index (χ4v) is 3.14. The van der Waals surface area contributed by atoms with Gasteiger partial charge in [-0.25, -0.2) is 4.98 Å². The summed E-state index contributed by atoms with van der Waals surface area (Å²) in [5.41, 5.74) is 7.03. The topological polar surface area (TPSA) is 59.2 Å². The van der Waals surface area contributed by atoms with E-state index in [9.17, 15) is 4.79 Å². The molecule has 1 saturated carbocycles. The molecule has 5 heteroatoms. The molecule has 2 aromatic rings. The summed E-state index contributed by atoms with van der Waals surface area (Å²) in [7, 11) is 0. The maximum atomic E-state index is 12.8. The Bertz CT molecular complexity index is 607. The lowest BCUT2D eigenvalue weighted by Crippen LogP contribution is -2.37. The number of hydrogen-bond donors (Lipinski definition) is 1. The zero-order valence-electron chi connectivity index (χ0n) is 11.9. The molecule has 4 nitrogen and oxygen atoms in total. The molecule has 3 rings (SSSR count). The van der Waals surface area contributed by atoms with Gasteiger partial charge in [-0.05, 0) is 30.9 Å². The number of para-hydroxylation sites is 1. The number of aromatic nitrogens is 1. The maximum absolute atomic E-state index is 12.8. The van der Waals surface area contributed by atoms with Gasteiger partial charge in [0.05, 0.1) is 0 Å². The van der Waals surface area contributed by atoms with Crippen LogP contribution in [-0.4, -0.2) is 17.4 Å². The van der Waals surface area contributed by atoms with Crippen molar-refractivity contribution in [3.05, 3.63) is 46.4 Å². The second kappa shape index (κ2) is 6.37. The Balaban J connectivity index is 1.84. The number of amides is 1. The summed E-state index contributed by atoms with van der Waals surface area (Å²) in [5, 5.41) is 2.61. The largest absolute Gasteiger partial charge is 0.325 e. The molecule has 21 heavy (non-hydrogen) atoms. The Morgan fingerprint density at radius 2 is 2.10 bits per heavy atom. The third kappa shape index (κ3) is 3.14. The van der Waals surface area contributed by atoms with E-state index >= 15 is 0 Å². The van der Waals surface area contributed by atoms with Gasteiger partial charge in [0.25, 0.3) is 5.91 Å². The van der Waals surface area contributed by atoms with E-state index in [-0.39, 0.29) is 5.91 Å². The van der Waals surface area contributed by atoms with Gasteiger partial charge in [0, 0.05) is 24.2 Å². The second-order valence-corrected chi connectivity index (χ2v) is 6.32. The van der Waals surface area contributed by atoms with Crippen molar-refractivity contribution in [3.8, 4) is 0 Å². The van der Waals surface area contributed by atoms with Crippen molar-refractivity contribution in [3.63, 3.8) is 0 Å². The molecule has 0 spiro atoms. The minimum absolute atomic E-state index is 0.0240. The predicted octanol–water partition coefficient (Wildman–Crippen LogP) is 3.05. The van der Waals surface area contributed by atoms with Crippen LogP contribution >= 0.6 is 11.3 Å². The summed E-state index contributed by atoms with van der Waals surface area (Å²) in [6.07, 6.45) is 3.69. The average Bonchev–Trinajstić information content (AvgIpc) is 2.95. The summed E-state index contributed by atoms with van der Waals surface area (Å²) in [4.78, 5) is 19.0. The molecule has 1 aromatic heterocycles. The number of carbonyl (C=O) groups excluding carboxylic acids is 1. The summed E-state index contributed by atoms with van der Waals surface area (Å²) in [5.74, 6) is 0.589. The molecule has 1 heterocycles. The molecular weight excluding hydrogens is 282 g/mol. The number of benzene rings is 1. The van der Waals surface area contributed by atoms with E-state index in [2.05, 4.69) is 4.98 Å². The fourth-order valence-electron chi connectivity index (χ4n) is 2.49. The molecule has 0 atom stereocenters. The molecule has 1 amide bonds. The van der Waals surface area contributed by atoms with E-state index in [0.29, 0.717) is 18.2 Å². The van der Waals surface area contributed by atoms with E-state index in [4.69, 9.17) is 5.73 Å². The summed E-state index contributed by atoms with van der Waals surface area (Å²) < 4.78 is 0. The minimum Gasteiger partial charge on any atom is -0.325 e. The lowest BCUT2D eigenvalue weighted by Gasteiger charge is -2.32. The third-order valence-corrected chi connectivity index (χ3v) is 4.80.